The minimum Gasteiger partial charge on any atom is -0.289 e. The van der Waals surface area contributed by atoms with E-state index in [1.807, 2.05) is 24.4 Å². The Bertz CT molecular complexity index is 1400. The van der Waals surface area contributed by atoms with Gasteiger partial charge in [0, 0.05) is 19.2 Å². The number of hydrogen-bond acceptors (Lipinski definition) is 5. The second-order valence-electron chi connectivity index (χ2n) is 8.95. The molecule has 1 fully saturated rings. The number of carbonyl (C=O) groups is 1. The van der Waals surface area contributed by atoms with Crippen LogP contribution in [0.5, 0.6) is 0 Å². The van der Waals surface area contributed by atoms with Crippen molar-refractivity contribution < 1.29 is 18.0 Å². The van der Waals surface area contributed by atoms with Gasteiger partial charge >= 0.3 is 6.18 Å². The number of alkyl halides is 3. The summed E-state index contributed by atoms with van der Waals surface area (Å²) in [7, 11) is 1.77. The van der Waals surface area contributed by atoms with Crippen molar-refractivity contribution in [2.75, 3.05) is 4.90 Å². The van der Waals surface area contributed by atoms with Gasteiger partial charge in [-0.05, 0) is 49.6 Å². The molecular formula is C23H21F3N6OS. The Labute approximate surface area is 196 Å². The zero-order valence-electron chi connectivity index (χ0n) is 18.5. The van der Waals surface area contributed by atoms with Crippen molar-refractivity contribution in [1.29, 1.82) is 0 Å². The number of pyridine rings is 1. The number of halogens is 3. The lowest BCUT2D eigenvalue weighted by Gasteiger charge is -2.40. The molecule has 0 unspecified atom stereocenters. The summed E-state index contributed by atoms with van der Waals surface area (Å²) in [5.41, 5.74) is 2.24. The molecule has 0 bridgehead atoms. The van der Waals surface area contributed by atoms with Crippen LogP contribution in [-0.2, 0) is 7.05 Å². The molecule has 0 spiro atoms. The first-order valence-electron chi connectivity index (χ1n) is 11.1. The summed E-state index contributed by atoms with van der Waals surface area (Å²) in [5, 5.41) is 11.0. The van der Waals surface area contributed by atoms with Crippen molar-refractivity contribution in [2.24, 2.45) is 13.0 Å². The molecule has 0 radical (unpaired) electrons. The van der Waals surface area contributed by atoms with E-state index in [1.54, 1.807) is 17.8 Å². The van der Waals surface area contributed by atoms with Crippen molar-refractivity contribution in [1.82, 2.24) is 24.5 Å². The second kappa shape index (κ2) is 7.39. The minimum atomic E-state index is -4.45. The molecule has 1 amide bonds. The average Bonchev–Trinajstić information content (AvgIpc) is 3.18. The Morgan fingerprint density at radius 2 is 2.03 bits per heavy atom. The molecule has 7 nitrogen and oxygen atoms in total. The molecule has 1 aliphatic heterocycles. The first kappa shape index (κ1) is 21.3. The predicted octanol–water partition coefficient (Wildman–Crippen LogP) is 5.13. The topological polar surface area (TPSA) is 68.8 Å². The Balaban J connectivity index is 1.54. The van der Waals surface area contributed by atoms with E-state index in [4.69, 9.17) is 4.98 Å². The van der Waals surface area contributed by atoms with E-state index >= 15 is 0 Å². The standard InChI is InChI=1S/C23H21F3N6OS/c1-12-20-14(10-15(17-4-3-9-34-17)28-21(20)30(2)29-12)22(33)31-16(13-5-6-13)11-18(23(24,25)26)32-19(31)7-8-27-32/h3-4,7-10,13,16,18H,5-6,11H2,1-2H3/t16-,18+/m0/s1. The lowest BCUT2D eigenvalue weighted by molar-refractivity contribution is -0.174. The zero-order chi connectivity index (χ0) is 23.8. The molecule has 4 aromatic heterocycles. The molecule has 2 atom stereocenters. The largest absolute Gasteiger partial charge is 0.410 e. The molecule has 0 N–H and O–H groups in total. The van der Waals surface area contributed by atoms with Crippen molar-refractivity contribution in [3.8, 4) is 10.6 Å². The van der Waals surface area contributed by atoms with Crippen LogP contribution < -0.4 is 4.90 Å². The third-order valence-corrected chi connectivity index (χ3v) is 7.62. The van der Waals surface area contributed by atoms with Crippen molar-refractivity contribution in [3.63, 3.8) is 0 Å². The molecule has 1 aliphatic carbocycles. The lowest BCUT2D eigenvalue weighted by atomic mass is 9.96. The van der Waals surface area contributed by atoms with E-state index in [2.05, 4.69) is 10.2 Å². The molecular weight excluding hydrogens is 465 g/mol. The third kappa shape index (κ3) is 3.24. The quantitative estimate of drug-likeness (QED) is 0.402. The number of rotatable bonds is 3. The highest BCUT2D eigenvalue weighted by molar-refractivity contribution is 7.13. The minimum absolute atomic E-state index is 0.0431. The summed E-state index contributed by atoms with van der Waals surface area (Å²) in [4.78, 5) is 21.4. The van der Waals surface area contributed by atoms with Crippen LogP contribution in [0.15, 0.2) is 35.8 Å². The lowest BCUT2D eigenvalue weighted by Crippen LogP contribution is -2.50. The van der Waals surface area contributed by atoms with Crippen LogP contribution in [-0.4, -0.2) is 42.7 Å². The maximum absolute atomic E-state index is 14.2. The van der Waals surface area contributed by atoms with Gasteiger partial charge in [0.1, 0.15) is 5.82 Å². The van der Waals surface area contributed by atoms with E-state index in [-0.39, 0.29) is 24.1 Å². The van der Waals surface area contributed by atoms with Crippen molar-refractivity contribution in [3.05, 3.63) is 47.1 Å². The SMILES string of the molecule is Cc1nn(C)c2nc(-c3cccs3)cc(C(=O)N3c4ccnn4[C@@H](C(F)(F)F)C[C@H]3C3CC3)c12. The highest BCUT2D eigenvalue weighted by Gasteiger charge is 2.52. The molecule has 176 valence electrons. The van der Waals surface area contributed by atoms with Gasteiger partial charge < -0.3 is 0 Å². The highest BCUT2D eigenvalue weighted by atomic mass is 32.1. The monoisotopic (exact) mass is 486 g/mol. The molecule has 0 aromatic carbocycles. The number of thiophene rings is 1. The highest BCUT2D eigenvalue weighted by Crippen LogP contribution is 2.48. The van der Waals surface area contributed by atoms with Gasteiger partial charge in [-0.3, -0.25) is 14.4 Å². The molecule has 1 saturated carbocycles. The summed E-state index contributed by atoms with van der Waals surface area (Å²) in [6.07, 6.45) is -1.69. The Morgan fingerprint density at radius 1 is 1.24 bits per heavy atom. The molecule has 2 aliphatic rings. The van der Waals surface area contributed by atoms with Crippen LogP contribution >= 0.6 is 11.3 Å². The third-order valence-electron chi connectivity index (χ3n) is 6.72. The predicted molar refractivity (Wildman–Crippen MR) is 122 cm³/mol. The summed E-state index contributed by atoms with van der Waals surface area (Å²) in [5.74, 6) is -0.123. The van der Waals surface area contributed by atoms with E-state index < -0.39 is 18.3 Å². The van der Waals surface area contributed by atoms with Crippen LogP contribution in [0.3, 0.4) is 0 Å². The number of aromatic nitrogens is 5. The van der Waals surface area contributed by atoms with E-state index in [0.29, 0.717) is 28.0 Å². The number of fused-ring (bicyclic) bond motifs is 2. The van der Waals surface area contributed by atoms with Gasteiger partial charge in [-0.15, -0.1) is 11.3 Å². The van der Waals surface area contributed by atoms with Gasteiger partial charge in [0.2, 0.25) is 0 Å². The van der Waals surface area contributed by atoms with Crippen LogP contribution in [0, 0.1) is 12.8 Å². The normalized spacial score (nSPS) is 20.7. The summed E-state index contributed by atoms with van der Waals surface area (Å²) >= 11 is 1.51. The van der Waals surface area contributed by atoms with Crippen molar-refractivity contribution in [2.45, 2.75) is 44.4 Å². The number of nitrogens with zero attached hydrogens (tertiary/aromatic N) is 6. The number of carbonyl (C=O) groups excluding carboxylic acids is 1. The summed E-state index contributed by atoms with van der Waals surface area (Å²) < 4.78 is 44.3. The Morgan fingerprint density at radius 3 is 2.71 bits per heavy atom. The van der Waals surface area contributed by atoms with Gasteiger partial charge in [0.25, 0.3) is 5.91 Å². The van der Waals surface area contributed by atoms with Crippen LogP contribution in [0.2, 0.25) is 0 Å². The van der Waals surface area contributed by atoms with Gasteiger partial charge in [0.15, 0.2) is 11.7 Å². The number of anilines is 1. The van der Waals surface area contributed by atoms with E-state index in [1.165, 1.54) is 28.5 Å². The number of aryl methyl sites for hydroxylation is 2. The first-order chi connectivity index (χ1) is 16.2. The second-order valence-corrected chi connectivity index (χ2v) is 9.89. The molecule has 11 heteroatoms. The number of hydrogen-bond donors (Lipinski definition) is 0. The molecule has 5 heterocycles. The van der Waals surface area contributed by atoms with E-state index in [9.17, 15) is 18.0 Å². The molecule has 34 heavy (non-hydrogen) atoms. The maximum Gasteiger partial charge on any atom is 0.410 e. The average molecular weight is 487 g/mol. The first-order valence-corrected chi connectivity index (χ1v) is 11.9. The zero-order valence-corrected chi connectivity index (χ0v) is 19.3. The Hall–Kier alpha value is -3.21. The van der Waals surface area contributed by atoms with Crippen LogP contribution in [0.1, 0.15) is 41.4 Å². The van der Waals surface area contributed by atoms with Gasteiger partial charge in [-0.25, -0.2) is 9.67 Å². The Kier molecular flexibility index (Phi) is 4.64. The van der Waals surface area contributed by atoms with Crippen LogP contribution in [0.4, 0.5) is 19.0 Å². The maximum atomic E-state index is 14.2. The summed E-state index contributed by atoms with van der Waals surface area (Å²) in [6, 6.07) is 4.78. The fourth-order valence-electron chi connectivity index (χ4n) is 5.05. The van der Waals surface area contributed by atoms with Gasteiger partial charge in [-0.2, -0.15) is 23.4 Å². The summed E-state index contributed by atoms with van der Waals surface area (Å²) in [6.45, 7) is 1.81. The fraction of sp³-hybridized carbons (Fsp3) is 0.391. The van der Waals surface area contributed by atoms with E-state index in [0.717, 1.165) is 22.4 Å². The van der Waals surface area contributed by atoms with Gasteiger partial charge in [0.05, 0.1) is 33.4 Å². The number of amides is 1. The van der Waals surface area contributed by atoms with Crippen molar-refractivity contribution >= 4 is 34.1 Å². The molecule has 0 saturated heterocycles. The molecule has 6 rings (SSSR count). The fourth-order valence-corrected chi connectivity index (χ4v) is 5.73. The van der Waals surface area contributed by atoms with Crippen LogP contribution in [0.25, 0.3) is 21.6 Å². The molecule has 4 aromatic rings. The van der Waals surface area contributed by atoms with Gasteiger partial charge in [-0.1, -0.05) is 6.07 Å². The smallest absolute Gasteiger partial charge is 0.289 e.